The first-order chi connectivity index (χ1) is 16.8. The van der Waals surface area contributed by atoms with Gasteiger partial charge in [-0.2, -0.15) is 0 Å². The molecule has 0 bridgehead atoms. The van der Waals surface area contributed by atoms with Crippen molar-refractivity contribution in [3.8, 4) is 10.6 Å². The van der Waals surface area contributed by atoms with Crippen molar-refractivity contribution in [3.05, 3.63) is 117 Å². The van der Waals surface area contributed by atoms with Crippen LogP contribution in [0.1, 0.15) is 27.0 Å². The lowest BCUT2D eigenvalue weighted by molar-refractivity contribution is -0.117. The first-order valence-corrected chi connectivity index (χ1v) is 11.9. The number of anilines is 1. The minimum Gasteiger partial charge on any atom is -0.503 e. The molecule has 0 spiro atoms. The molecule has 0 radical (unpaired) electrons. The molecule has 0 aliphatic carbocycles. The maximum Gasteiger partial charge on any atom is 0.294 e. The van der Waals surface area contributed by atoms with Crippen LogP contribution in [0.25, 0.3) is 10.6 Å². The number of hydrogen-bond donors (Lipinski definition) is 1. The van der Waals surface area contributed by atoms with Gasteiger partial charge in [0, 0.05) is 16.3 Å². The minimum absolute atomic E-state index is 0.0899. The number of thiazole rings is 1. The zero-order chi connectivity index (χ0) is 24.7. The monoisotopic (exact) mass is 504 g/mol. The molecule has 1 unspecified atom stereocenters. The van der Waals surface area contributed by atoms with E-state index in [0.717, 1.165) is 5.56 Å². The molecule has 0 saturated heterocycles. The molecule has 3 aromatic carbocycles. The first kappa shape index (κ1) is 23.0. The highest BCUT2D eigenvalue weighted by Crippen LogP contribution is 2.43. The van der Waals surface area contributed by atoms with Gasteiger partial charge in [-0.25, -0.2) is 9.37 Å². The van der Waals surface area contributed by atoms with Crippen LogP contribution < -0.4 is 4.90 Å². The molecule has 4 aromatic rings. The number of aryl methyl sites for hydroxylation is 1. The summed E-state index contributed by atoms with van der Waals surface area (Å²) in [6.07, 6.45) is 0. The Kier molecular flexibility index (Phi) is 5.96. The number of aliphatic hydroxyl groups excluding tert-OH is 1. The first-order valence-electron chi connectivity index (χ1n) is 10.7. The van der Waals surface area contributed by atoms with Gasteiger partial charge in [0.25, 0.3) is 5.91 Å². The second-order valence-electron chi connectivity index (χ2n) is 8.00. The Labute approximate surface area is 209 Å². The predicted molar refractivity (Wildman–Crippen MR) is 134 cm³/mol. The van der Waals surface area contributed by atoms with Crippen molar-refractivity contribution < 1.29 is 19.1 Å². The van der Waals surface area contributed by atoms with Gasteiger partial charge in [0.1, 0.15) is 10.8 Å². The Morgan fingerprint density at radius 2 is 1.77 bits per heavy atom. The Bertz CT molecular complexity index is 1480. The Balaban J connectivity index is 1.64. The smallest absolute Gasteiger partial charge is 0.294 e. The number of aliphatic hydroxyl groups is 1. The van der Waals surface area contributed by atoms with Crippen LogP contribution in [0.15, 0.2) is 90.2 Å². The van der Waals surface area contributed by atoms with E-state index in [-0.39, 0.29) is 11.3 Å². The molecule has 1 atom stereocenters. The molecule has 5 nitrogen and oxygen atoms in total. The third kappa shape index (κ3) is 4.13. The van der Waals surface area contributed by atoms with Crippen molar-refractivity contribution in [1.82, 2.24) is 4.98 Å². The Morgan fingerprint density at radius 3 is 2.46 bits per heavy atom. The van der Waals surface area contributed by atoms with Crippen molar-refractivity contribution in [2.45, 2.75) is 13.0 Å². The van der Waals surface area contributed by atoms with E-state index in [0.29, 0.717) is 26.2 Å². The van der Waals surface area contributed by atoms with Crippen LogP contribution in [0, 0.1) is 12.7 Å². The summed E-state index contributed by atoms with van der Waals surface area (Å²) in [7, 11) is 0. The van der Waals surface area contributed by atoms with Gasteiger partial charge < -0.3 is 5.11 Å². The topological polar surface area (TPSA) is 70.5 Å². The van der Waals surface area contributed by atoms with Crippen molar-refractivity contribution in [1.29, 1.82) is 0 Å². The summed E-state index contributed by atoms with van der Waals surface area (Å²) in [6.45, 7) is 1.71. The van der Waals surface area contributed by atoms with Gasteiger partial charge in [0.15, 0.2) is 5.76 Å². The lowest BCUT2D eigenvalue weighted by Crippen LogP contribution is -2.31. The molecule has 174 valence electrons. The van der Waals surface area contributed by atoms with E-state index in [9.17, 15) is 19.1 Å². The largest absolute Gasteiger partial charge is 0.503 e. The number of aromatic nitrogens is 1. The number of carbonyl (C=O) groups is 2. The van der Waals surface area contributed by atoms with Crippen LogP contribution in [0.5, 0.6) is 0 Å². The van der Waals surface area contributed by atoms with Crippen LogP contribution in [-0.4, -0.2) is 21.8 Å². The number of Topliss-reactive ketones (excluding diaryl/α,β-unsaturated/α-hetero) is 1. The van der Waals surface area contributed by atoms with Gasteiger partial charge in [-0.3, -0.25) is 14.5 Å². The van der Waals surface area contributed by atoms with Gasteiger partial charge in [-0.15, -0.1) is 11.3 Å². The second-order valence-corrected chi connectivity index (χ2v) is 9.44. The van der Waals surface area contributed by atoms with Crippen molar-refractivity contribution in [3.63, 3.8) is 0 Å². The van der Waals surface area contributed by atoms with Crippen LogP contribution in [0.4, 0.5) is 10.1 Å². The third-order valence-electron chi connectivity index (χ3n) is 5.75. The van der Waals surface area contributed by atoms with Gasteiger partial charge in [0.2, 0.25) is 5.78 Å². The lowest BCUT2D eigenvalue weighted by Gasteiger charge is -2.27. The van der Waals surface area contributed by atoms with E-state index in [1.807, 2.05) is 30.3 Å². The average molecular weight is 505 g/mol. The molecule has 1 aromatic heterocycles. The third-order valence-corrected chi connectivity index (χ3v) is 7.21. The molecule has 1 N–H and O–H groups in total. The molecule has 5 rings (SSSR count). The van der Waals surface area contributed by atoms with Crippen LogP contribution in [0.2, 0.25) is 5.02 Å². The number of ketones is 1. The summed E-state index contributed by atoms with van der Waals surface area (Å²) in [5, 5.41) is 12.1. The molecule has 1 aliphatic rings. The van der Waals surface area contributed by atoms with Crippen LogP contribution in [-0.2, 0) is 4.79 Å². The Morgan fingerprint density at radius 1 is 1.06 bits per heavy atom. The maximum atomic E-state index is 14.1. The van der Waals surface area contributed by atoms with E-state index in [1.54, 1.807) is 37.3 Å². The summed E-state index contributed by atoms with van der Waals surface area (Å²) in [5.41, 5.74) is 2.02. The number of hydrogen-bond acceptors (Lipinski definition) is 5. The normalized spacial score (nSPS) is 15.7. The van der Waals surface area contributed by atoms with Gasteiger partial charge in [-0.1, -0.05) is 60.1 Å². The van der Waals surface area contributed by atoms with Crippen molar-refractivity contribution in [2.24, 2.45) is 0 Å². The maximum absolute atomic E-state index is 14.1. The highest BCUT2D eigenvalue weighted by molar-refractivity contribution is 7.17. The highest BCUT2D eigenvalue weighted by atomic mass is 35.5. The molecule has 35 heavy (non-hydrogen) atoms. The fourth-order valence-corrected chi connectivity index (χ4v) is 5.28. The predicted octanol–water partition coefficient (Wildman–Crippen LogP) is 6.69. The van der Waals surface area contributed by atoms with Gasteiger partial charge >= 0.3 is 0 Å². The molecular weight excluding hydrogens is 487 g/mol. The fraction of sp³-hybridized carbons (Fsp3) is 0.0741. The molecule has 8 heteroatoms. The van der Waals surface area contributed by atoms with E-state index in [4.69, 9.17) is 11.6 Å². The molecule has 2 heterocycles. The number of nitrogens with zero attached hydrogens (tertiary/aromatic N) is 2. The number of carbonyl (C=O) groups excluding carboxylic acids is 2. The van der Waals surface area contributed by atoms with Crippen LogP contribution >= 0.6 is 22.9 Å². The highest BCUT2D eigenvalue weighted by Gasteiger charge is 2.45. The van der Waals surface area contributed by atoms with Gasteiger partial charge in [-0.05, 0) is 42.8 Å². The molecule has 1 aliphatic heterocycles. The van der Waals surface area contributed by atoms with E-state index in [1.165, 1.54) is 34.4 Å². The summed E-state index contributed by atoms with van der Waals surface area (Å²) in [4.78, 5) is 33.2. The number of rotatable bonds is 5. The number of halogens is 2. The number of amides is 1. The second kappa shape index (κ2) is 9.09. The quantitative estimate of drug-likeness (QED) is 0.307. The average Bonchev–Trinajstić information content (AvgIpc) is 3.37. The SMILES string of the molecule is Cc1nc(-c2ccccc2)sc1C(=O)C1=C(O)C(=O)N(c2cccc(F)c2)C1c1ccc(Cl)cc1. The Hall–Kier alpha value is -3.81. The summed E-state index contributed by atoms with van der Waals surface area (Å²) in [6, 6.07) is 20.5. The zero-order valence-electron chi connectivity index (χ0n) is 18.4. The summed E-state index contributed by atoms with van der Waals surface area (Å²) >= 11 is 7.25. The minimum atomic E-state index is -0.976. The number of benzene rings is 3. The molecule has 0 saturated carbocycles. The summed E-state index contributed by atoms with van der Waals surface area (Å²) in [5.74, 6) is -2.51. The fourth-order valence-electron chi connectivity index (χ4n) is 4.12. The lowest BCUT2D eigenvalue weighted by atomic mass is 9.95. The summed E-state index contributed by atoms with van der Waals surface area (Å²) < 4.78 is 14.1. The van der Waals surface area contributed by atoms with Crippen molar-refractivity contribution in [2.75, 3.05) is 4.90 Å². The zero-order valence-corrected chi connectivity index (χ0v) is 20.0. The van der Waals surface area contributed by atoms with E-state index in [2.05, 4.69) is 4.98 Å². The molecule has 1 amide bonds. The molecular formula is C27H18ClFN2O3S. The standard InChI is InChI=1S/C27H18ClFN2O3S/c1-15-25(35-26(30-15)17-6-3-2-4-7-17)23(32)21-22(16-10-12-18(28)13-11-16)31(27(34)24(21)33)20-9-5-8-19(29)14-20/h2-14,22,33H,1H3. The van der Waals surface area contributed by atoms with Gasteiger partial charge in [0.05, 0.1) is 22.2 Å². The van der Waals surface area contributed by atoms with E-state index >= 15 is 0 Å². The van der Waals surface area contributed by atoms with Crippen LogP contribution in [0.3, 0.4) is 0 Å². The van der Waals surface area contributed by atoms with E-state index < -0.39 is 29.3 Å². The van der Waals surface area contributed by atoms with Crippen molar-refractivity contribution >= 4 is 40.3 Å². The molecule has 0 fully saturated rings.